The van der Waals surface area contributed by atoms with E-state index in [1.807, 2.05) is 0 Å². The van der Waals surface area contributed by atoms with Crippen molar-refractivity contribution in [1.29, 1.82) is 0 Å². The molecule has 0 unspecified atom stereocenters. The van der Waals surface area contributed by atoms with Gasteiger partial charge in [0.15, 0.2) is 0 Å². The van der Waals surface area contributed by atoms with Gasteiger partial charge in [0, 0.05) is 25.7 Å². The van der Waals surface area contributed by atoms with Crippen molar-refractivity contribution >= 4 is 0 Å². The summed E-state index contributed by atoms with van der Waals surface area (Å²) in [6, 6.07) is 0. The van der Waals surface area contributed by atoms with Crippen LogP contribution in [0.15, 0.2) is 0 Å². The van der Waals surface area contributed by atoms with E-state index in [4.69, 9.17) is 10.5 Å². The molecule has 15 heavy (non-hydrogen) atoms. The molecule has 1 rings (SSSR count). The van der Waals surface area contributed by atoms with Gasteiger partial charge in [0.2, 0.25) is 0 Å². The highest BCUT2D eigenvalue weighted by Gasteiger charge is 2.37. The van der Waals surface area contributed by atoms with Crippen molar-refractivity contribution < 1.29 is 4.74 Å². The number of hydrogen-bond acceptors (Lipinski definition) is 3. The molecule has 0 radical (unpaired) electrons. The van der Waals surface area contributed by atoms with Crippen molar-refractivity contribution in [2.45, 2.75) is 44.6 Å². The summed E-state index contributed by atoms with van der Waals surface area (Å²) in [5.74, 6) is 0. The summed E-state index contributed by atoms with van der Waals surface area (Å²) in [6.45, 7) is 6.04. The Morgan fingerprint density at radius 2 is 1.93 bits per heavy atom. The van der Waals surface area contributed by atoms with E-state index in [2.05, 4.69) is 11.8 Å². The van der Waals surface area contributed by atoms with Crippen LogP contribution in [0.5, 0.6) is 0 Å². The maximum atomic E-state index is 5.99. The second-order valence-electron chi connectivity index (χ2n) is 4.62. The van der Waals surface area contributed by atoms with Crippen LogP contribution in [0.25, 0.3) is 0 Å². The summed E-state index contributed by atoms with van der Waals surface area (Å²) in [5.41, 5.74) is 6.28. The Kier molecular flexibility index (Phi) is 5.58. The SMILES string of the molecule is CCCN(CCOC)C1(CN)CCCC1. The minimum Gasteiger partial charge on any atom is -0.383 e. The lowest BCUT2D eigenvalue weighted by molar-refractivity contribution is 0.0632. The molecular formula is C12H26N2O. The average Bonchev–Trinajstić information content (AvgIpc) is 2.74. The second kappa shape index (κ2) is 6.46. The first-order valence-electron chi connectivity index (χ1n) is 6.23. The number of methoxy groups -OCH3 is 1. The minimum atomic E-state index is 0.286. The molecule has 2 N–H and O–H groups in total. The molecule has 0 amide bonds. The van der Waals surface area contributed by atoms with Gasteiger partial charge in [-0.3, -0.25) is 4.90 Å². The van der Waals surface area contributed by atoms with Crippen LogP contribution >= 0.6 is 0 Å². The van der Waals surface area contributed by atoms with Gasteiger partial charge in [-0.15, -0.1) is 0 Å². The molecule has 0 aromatic carbocycles. The molecule has 1 aliphatic rings. The van der Waals surface area contributed by atoms with Gasteiger partial charge in [-0.1, -0.05) is 19.8 Å². The van der Waals surface area contributed by atoms with Crippen LogP contribution in [0.2, 0.25) is 0 Å². The molecule has 1 saturated carbocycles. The maximum absolute atomic E-state index is 5.99. The third-order valence-corrected chi connectivity index (χ3v) is 3.64. The Morgan fingerprint density at radius 1 is 1.27 bits per heavy atom. The smallest absolute Gasteiger partial charge is 0.0589 e. The van der Waals surface area contributed by atoms with Crippen LogP contribution < -0.4 is 5.73 Å². The molecule has 0 spiro atoms. The lowest BCUT2D eigenvalue weighted by atomic mass is 9.95. The highest BCUT2D eigenvalue weighted by Crippen LogP contribution is 2.34. The van der Waals surface area contributed by atoms with Gasteiger partial charge in [0.1, 0.15) is 0 Å². The van der Waals surface area contributed by atoms with Gasteiger partial charge in [-0.2, -0.15) is 0 Å². The molecule has 0 saturated heterocycles. The van der Waals surface area contributed by atoms with E-state index >= 15 is 0 Å². The fourth-order valence-corrected chi connectivity index (χ4v) is 2.74. The standard InChI is InChI=1S/C12H26N2O/c1-3-8-14(9-10-15-2)12(11-13)6-4-5-7-12/h3-11,13H2,1-2H3. The van der Waals surface area contributed by atoms with Crippen LogP contribution in [0.1, 0.15) is 39.0 Å². The first kappa shape index (κ1) is 12.9. The minimum absolute atomic E-state index is 0.286. The molecule has 0 aromatic heterocycles. The number of rotatable bonds is 7. The van der Waals surface area contributed by atoms with Crippen LogP contribution in [0.3, 0.4) is 0 Å². The predicted octanol–water partition coefficient (Wildman–Crippen LogP) is 1.62. The Hall–Kier alpha value is -0.120. The zero-order valence-electron chi connectivity index (χ0n) is 10.3. The molecule has 3 heteroatoms. The highest BCUT2D eigenvalue weighted by molar-refractivity contribution is 4.95. The van der Waals surface area contributed by atoms with Gasteiger partial charge in [0.25, 0.3) is 0 Å². The Morgan fingerprint density at radius 3 is 2.40 bits per heavy atom. The van der Waals surface area contributed by atoms with Gasteiger partial charge >= 0.3 is 0 Å². The number of nitrogens with zero attached hydrogens (tertiary/aromatic N) is 1. The summed E-state index contributed by atoms with van der Waals surface area (Å²) < 4.78 is 5.19. The van der Waals surface area contributed by atoms with Crippen molar-refractivity contribution in [3.8, 4) is 0 Å². The van der Waals surface area contributed by atoms with Crippen molar-refractivity contribution in [2.75, 3.05) is 33.4 Å². The van der Waals surface area contributed by atoms with E-state index < -0.39 is 0 Å². The van der Waals surface area contributed by atoms with Crippen molar-refractivity contribution in [3.63, 3.8) is 0 Å². The fraction of sp³-hybridized carbons (Fsp3) is 1.00. The van der Waals surface area contributed by atoms with Gasteiger partial charge in [-0.05, 0) is 25.8 Å². The van der Waals surface area contributed by atoms with Crippen molar-refractivity contribution in [2.24, 2.45) is 5.73 Å². The lowest BCUT2D eigenvalue weighted by Gasteiger charge is -2.40. The van der Waals surface area contributed by atoms with Gasteiger partial charge in [-0.25, -0.2) is 0 Å². The average molecular weight is 214 g/mol. The number of hydrogen-bond donors (Lipinski definition) is 1. The summed E-state index contributed by atoms with van der Waals surface area (Å²) >= 11 is 0. The van der Waals surface area contributed by atoms with Crippen LogP contribution in [-0.4, -0.2) is 43.8 Å². The number of ether oxygens (including phenoxy) is 1. The normalized spacial score (nSPS) is 20.0. The molecular weight excluding hydrogens is 188 g/mol. The maximum Gasteiger partial charge on any atom is 0.0589 e. The predicted molar refractivity (Wildman–Crippen MR) is 64.0 cm³/mol. The van der Waals surface area contributed by atoms with E-state index in [-0.39, 0.29) is 5.54 Å². The monoisotopic (exact) mass is 214 g/mol. The molecule has 3 nitrogen and oxygen atoms in total. The van der Waals surface area contributed by atoms with Gasteiger partial charge in [0.05, 0.1) is 6.61 Å². The van der Waals surface area contributed by atoms with Crippen LogP contribution in [0, 0.1) is 0 Å². The van der Waals surface area contributed by atoms with Crippen LogP contribution in [-0.2, 0) is 4.74 Å². The Balaban J connectivity index is 2.57. The quantitative estimate of drug-likeness (QED) is 0.700. The van der Waals surface area contributed by atoms with E-state index in [0.717, 1.165) is 26.2 Å². The summed E-state index contributed by atoms with van der Waals surface area (Å²) in [7, 11) is 1.77. The third-order valence-electron chi connectivity index (χ3n) is 3.64. The topological polar surface area (TPSA) is 38.5 Å². The molecule has 0 bridgehead atoms. The van der Waals surface area contributed by atoms with Crippen LogP contribution in [0.4, 0.5) is 0 Å². The largest absolute Gasteiger partial charge is 0.383 e. The summed E-state index contributed by atoms with van der Waals surface area (Å²) in [5, 5.41) is 0. The zero-order chi connectivity index (χ0) is 11.1. The highest BCUT2D eigenvalue weighted by atomic mass is 16.5. The molecule has 0 aliphatic heterocycles. The van der Waals surface area contributed by atoms with Crippen molar-refractivity contribution in [1.82, 2.24) is 4.90 Å². The third kappa shape index (κ3) is 3.16. The second-order valence-corrected chi connectivity index (χ2v) is 4.62. The fourth-order valence-electron chi connectivity index (χ4n) is 2.74. The summed E-state index contributed by atoms with van der Waals surface area (Å²) in [4.78, 5) is 2.56. The molecule has 90 valence electrons. The molecule has 0 heterocycles. The van der Waals surface area contributed by atoms with E-state index in [1.54, 1.807) is 7.11 Å². The zero-order valence-corrected chi connectivity index (χ0v) is 10.3. The molecule has 0 atom stereocenters. The number of nitrogens with two attached hydrogens (primary N) is 1. The first-order chi connectivity index (χ1) is 7.29. The molecule has 0 aromatic rings. The lowest BCUT2D eigenvalue weighted by Crippen LogP contribution is -2.53. The Bertz CT molecular complexity index is 167. The van der Waals surface area contributed by atoms with Crippen molar-refractivity contribution in [3.05, 3.63) is 0 Å². The van der Waals surface area contributed by atoms with E-state index in [0.29, 0.717) is 0 Å². The Labute approximate surface area is 94.0 Å². The van der Waals surface area contributed by atoms with E-state index in [9.17, 15) is 0 Å². The molecule has 1 aliphatic carbocycles. The summed E-state index contributed by atoms with van der Waals surface area (Å²) in [6.07, 6.45) is 6.42. The van der Waals surface area contributed by atoms with E-state index in [1.165, 1.54) is 32.1 Å². The first-order valence-corrected chi connectivity index (χ1v) is 6.23. The van der Waals surface area contributed by atoms with Gasteiger partial charge < -0.3 is 10.5 Å². The molecule has 1 fully saturated rings.